The first-order valence-electron chi connectivity index (χ1n) is 13.0. The third kappa shape index (κ3) is 7.65. The van der Waals surface area contributed by atoms with Gasteiger partial charge in [0.25, 0.3) is 11.8 Å². The van der Waals surface area contributed by atoms with Crippen LogP contribution in [0.4, 0.5) is 5.82 Å². The third-order valence-corrected chi connectivity index (χ3v) is 7.53. The second-order valence-electron chi connectivity index (χ2n) is 9.15. The maximum Gasteiger partial charge on any atom is 0.351 e. The number of carbonyl (C=O) groups excluding carboxylic acids is 2. The molecule has 0 aliphatic carbocycles. The number of anilines is 1. The highest BCUT2D eigenvalue weighted by Crippen LogP contribution is 2.49. The fourth-order valence-corrected chi connectivity index (χ4v) is 5.31. The summed E-state index contributed by atoms with van der Waals surface area (Å²) in [6.07, 6.45) is 2.31. The van der Waals surface area contributed by atoms with Gasteiger partial charge in [-0.2, -0.15) is 5.10 Å². The van der Waals surface area contributed by atoms with Gasteiger partial charge in [-0.3, -0.25) is 18.8 Å². The largest absolute Gasteiger partial charge is 0.491 e. The molecular formula is C26H33N6O7P. The Morgan fingerprint density at radius 2 is 1.75 bits per heavy atom. The first kappa shape index (κ1) is 29.2. The molecular weight excluding hydrogens is 539 g/mol. The summed E-state index contributed by atoms with van der Waals surface area (Å²) in [6.45, 7) is 9.08. The van der Waals surface area contributed by atoms with Gasteiger partial charge in [0, 0.05) is 43.0 Å². The van der Waals surface area contributed by atoms with Crippen molar-refractivity contribution in [3.05, 3.63) is 53.9 Å². The number of rotatable bonds is 13. The van der Waals surface area contributed by atoms with E-state index in [-0.39, 0.29) is 54.5 Å². The summed E-state index contributed by atoms with van der Waals surface area (Å²) in [5.74, 6) is 0.464. The molecule has 4 rings (SSSR count). The molecule has 0 spiro atoms. The Morgan fingerprint density at radius 3 is 2.35 bits per heavy atom. The summed E-state index contributed by atoms with van der Waals surface area (Å²) < 4.78 is 36.5. The number of hydrogen-bond donors (Lipinski definition) is 1. The number of carbonyl (C=O) groups is 2. The third-order valence-electron chi connectivity index (χ3n) is 5.59. The molecule has 40 heavy (non-hydrogen) atoms. The van der Waals surface area contributed by atoms with Gasteiger partial charge in [0.1, 0.15) is 17.8 Å². The van der Waals surface area contributed by atoms with Gasteiger partial charge in [0.05, 0.1) is 19.3 Å². The minimum absolute atomic E-state index is 0.0935. The van der Waals surface area contributed by atoms with Gasteiger partial charge < -0.3 is 28.7 Å². The highest BCUT2D eigenvalue weighted by atomic mass is 31.2. The molecule has 2 amide bonds. The van der Waals surface area contributed by atoms with Crippen molar-refractivity contribution in [3.63, 3.8) is 0 Å². The SMILES string of the molecule is CCOP(=O)(Cn1ccc(NC(=O)c2cc(Oc3ccc(C(=O)N4CCC4)nn3)cc(OC(C)C)c2)n1)OCC. The van der Waals surface area contributed by atoms with Crippen molar-refractivity contribution in [1.29, 1.82) is 0 Å². The minimum atomic E-state index is -3.37. The lowest BCUT2D eigenvalue weighted by atomic mass is 10.2. The average molecular weight is 573 g/mol. The van der Waals surface area contributed by atoms with Crippen LogP contribution >= 0.6 is 7.60 Å². The highest BCUT2D eigenvalue weighted by molar-refractivity contribution is 7.52. The second kappa shape index (κ2) is 13.0. The van der Waals surface area contributed by atoms with Crippen LogP contribution in [-0.4, -0.2) is 69.1 Å². The zero-order valence-corrected chi connectivity index (χ0v) is 23.8. The molecule has 0 bridgehead atoms. The van der Waals surface area contributed by atoms with Gasteiger partial charge in [0.2, 0.25) is 5.88 Å². The predicted molar refractivity (Wildman–Crippen MR) is 146 cm³/mol. The zero-order valence-electron chi connectivity index (χ0n) is 22.9. The van der Waals surface area contributed by atoms with Crippen molar-refractivity contribution < 1.29 is 32.7 Å². The van der Waals surface area contributed by atoms with Crippen molar-refractivity contribution in [3.8, 4) is 17.4 Å². The number of amides is 2. The molecule has 214 valence electrons. The van der Waals surface area contributed by atoms with Gasteiger partial charge in [-0.1, -0.05) is 0 Å². The van der Waals surface area contributed by atoms with Gasteiger partial charge in [-0.25, -0.2) is 0 Å². The van der Waals surface area contributed by atoms with Crippen LogP contribution in [0.1, 0.15) is 55.0 Å². The van der Waals surface area contributed by atoms with E-state index in [0.29, 0.717) is 24.6 Å². The molecule has 1 N–H and O–H groups in total. The maximum absolute atomic E-state index is 13.1. The second-order valence-corrected chi connectivity index (χ2v) is 11.2. The van der Waals surface area contributed by atoms with Crippen LogP contribution in [0, 0.1) is 0 Å². The first-order valence-corrected chi connectivity index (χ1v) is 14.8. The summed E-state index contributed by atoms with van der Waals surface area (Å²) in [6, 6.07) is 9.41. The number of ether oxygens (including phenoxy) is 2. The number of aromatic nitrogens is 4. The fourth-order valence-electron chi connectivity index (χ4n) is 3.78. The van der Waals surface area contributed by atoms with Crippen molar-refractivity contribution >= 4 is 25.2 Å². The Bertz CT molecular complexity index is 1360. The van der Waals surface area contributed by atoms with Crippen LogP contribution in [0.3, 0.4) is 0 Å². The van der Waals surface area contributed by atoms with Gasteiger partial charge in [-0.15, -0.1) is 10.2 Å². The van der Waals surface area contributed by atoms with E-state index in [1.54, 1.807) is 55.3 Å². The topological polar surface area (TPSA) is 147 Å². The standard InChI is InChI=1S/C26H33N6O7P/c1-5-36-40(35,37-6-2)17-32-13-10-23(30-32)27-25(33)19-14-20(38-18(3)4)16-21(15-19)39-24-9-8-22(28-29-24)26(34)31-11-7-12-31/h8-10,13-16,18H,5-7,11-12,17H2,1-4H3,(H,27,30,33). The molecule has 1 aliphatic heterocycles. The number of nitrogens with zero attached hydrogens (tertiary/aromatic N) is 5. The summed E-state index contributed by atoms with van der Waals surface area (Å²) >= 11 is 0. The Hall–Kier alpha value is -3.80. The van der Waals surface area contributed by atoms with Crippen LogP contribution in [0.15, 0.2) is 42.6 Å². The lowest BCUT2D eigenvalue weighted by molar-refractivity contribution is 0.0644. The van der Waals surface area contributed by atoms with Crippen molar-refractivity contribution in [2.45, 2.75) is 46.5 Å². The lowest BCUT2D eigenvalue weighted by Crippen LogP contribution is -2.42. The molecule has 13 nitrogen and oxygen atoms in total. The molecule has 3 aromatic rings. The molecule has 1 fully saturated rings. The number of nitrogens with one attached hydrogen (secondary N) is 1. The molecule has 1 aliphatic rings. The van der Waals surface area contributed by atoms with Crippen molar-refractivity contribution in [2.75, 3.05) is 31.6 Å². The molecule has 2 aromatic heterocycles. The normalized spacial score (nSPS) is 13.2. The highest BCUT2D eigenvalue weighted by Gasteiger charge is 2.25. The molecule has 14 heteroatoms. The smallest absolute Gasteiger partial charge is 0.351 e. The molecule has 0 unspecified atom stereocenters. The van der Waals surface area contributed by atoms with E-state index >= 15 is 0 Å². The molecule has 3 heterocycles. The van der Waals surface area contributed by atoms with Gasteiger partial charge >= 0.3 is 7.60 Å². The molecule has 1 aromatic carbocycles. The van der Waals surface area contributed by atoms with E-state index in [2.05, 4.69) is 20.6 Å². The summed E-state index contributed by atoms with van der Waals surface area (Å²) in [5.41, 5.74) is 0.483. The van der Waals surface area contributed by atoms with E-state index in [1.165, 1.54) is 10.7 Å². The summed E-state index contributed by atoms with van der Waals surface area (Å²) in [4.78, 5) is 27.2. The Balaban J connectivity index is 1.48. The van der Waals surface area contributed by atoms with Crippen LogP contribution in [0.5, 0.6) is 17.4 Å². The average Bonchev–Trinajstić information content (AvgIpc) is 3.29. The predicted octanol–water partition coefficient (Wildman–Crippen LogP) is 4.57. The first-order chi connectivity index (χ1) is 19.2. The fraction of sp³-hybridized carbons (Fsp3) is 0.423. The lowest BCUT2D eigenvalue weighted by Gasteiger charge is -2.30. The van der Waals surface area contributed by atoms with Crippen molar-refractivity contribution in [2.24, 2.45) is 0 Å². The molecule has 0 saturated carbocycles. The Labute approximate surface area is 232 Å². The number of likely N-dealkylation sites (tertiary alicyclic amines) is 1. The quantitative estimate of drug-likeness (QED) is 0.289. The van der Waals surface area contributed by atoms with Crippen LogP contribution in [0.2, 0.25) is 0 Å². The van der Waals surface area contributed by atoms with Gasteiger partial charge in [0.15, 0.2) is 11.5 Å². The molecule has 0 atom stereocenters. The van der Waals surface area contributed by atoms with Crippen LogP contribution in [-0.2, 0) is 19.9 Å². The summed E-state index contributed by atoms with van der Waals surface area (Å²) in [7, 11) is -3.37. The van der Waals surface area contributed by atoms with Crippen molar-refractivity contribution in [1.82, 2.24) is 24.9 Å². The molecule has 0 radical (unpaired) electrons. The van der Waals surface area contributed by atoms with E-state index in [4.69, 9.17) is 18.5 Å². The Morgan fingerprint density at radius 1 is 1.02 bits per heavy atom. The zero-order chi connectivity index (χ0) is 28.7. The minimum Gasteiger partial charge on any atom is -0.491 e. The van der Waals surface area contributed by atoms with Gasteiger partial charge in [-0.05, 0) is 52.3 Å². The number of hydrogen-bond acceptors (Lipinski definition) is 10. The molecule has 1 saturated heterocycles. The Kier molecular flexibility index (Phi) is 9.51. The monoisotopic (exact) mass is 572 g/mol. The van der Waals surface area contributed by atoms with Crippen LogP contribution in [0.25, 0.3) is 0 Å². The van der Waals surface area contributed by atoms with E-state index in [9.17, 15) is 14.2 Å². The van der Waals surface area contributed by atoms with E-state index in [1.807, 2.05) is 13.8 Å². The number of benzene rings is 1. The summed E-state index contributed by atoms with van der Waals surface area (Å²) in [5, 5.41) is 15.0. The van der Waals surface area contributed by atoms with Crippen LogP contribution < -0.4 is 14.8 Å². The van der Waals surface area contributed by atoms with E-state index in [0.717, 1.165) is 6.42 Å². The maximum atomic E-state index is 13.1. The van der Waals surface area contributed by atoms with E-state index < -0.39 is 13.5 Å².